The minimum absolute atomic E-state index is 0.411. The van der Waals surface area contributed by atoms with Crippen LogP contribution in [0.25, 0.3) is 140 Å². The lowest BCUT2D eigenvalue weighted by Gasteiger charge is -2.31. The fraction of sp³-hybridized carbons (Fsp3) is 0.0156. The number of aromatic nitrogens is 11. The second-order valence-electron chi connectivity index (χ2n) is 18.7. The van der Waals surface area contributed by atoms with Crippen molar-refractivity contribution in [2.45, 2.75) is 0 Å². The Morgan fingerprint density at radius 2 is 0.921 bits per heavy atom. The van der Waals surface area contributed by atoms with Gasteiger partial charge in [-0.15, -0.1) is 12.2 Å². The van der Waals surface area contributed by atoms with Crippen LogP contribution in [0.3, 0.4) is 0 Å². The van der Waals surface area contributed by atoms with Gasteiger partial charge in [-0.05, 0) is 125 Å². The van der Waals surface area contributed by atoms with E-state index in [9.17, 15) is 0 Å². The molecule has 11 aromatic heterocycles. The number of rotatable bonds is 8. The summed E-state index contributed by atoms with van der Waals surface area (Å²) in [6.07, 6.45) is 15.2. The Labute approximate surface area is 434 Å². The first-order valence-electron chi connectivity index (χ1n) is 25.0. The average molecular weight is 976 g/mol. The molecule has 14 aromatic rings. The van der Waals surface area contributed by atoms with Crippen LogP contribution in [-0.2, 0) is 0 Å². The van der Waals surface area contributed by atoms with E-state index < -0.39 is 0 Å². The van der Waals surface area contributed by atoms with Crippen LogP contribution in [0.4, 0.5) is 5.69 Å². The van der Waals surface area contributed by atoms with E-state index in [1.165, 1.54) is 0 Å². The summed E-state index contributed by atoms with van der Waals surface area (Å²) in [5, 5.41) is 10.7. The molecule has 0 saturated carbocycles. The highest BCUT2D eigenvalue weighted by molar-refractivity contribution is 6.10. The summed E-state index contributed by atoms with van der Waals surface area (Å²) >= 11 is 0. The fourth-order valence-electron chi connectivity index (χ4n) is 10.7. The van der Waals surface area contributed by atoms with Crippen molar-refractivity contribution in [1.82, 2.24) is 54.0 Å². The van der Waals surface area contributed by atoms with E-state index in [2.05, 4.69) is 134 Å². The minimum Gasteiger partial charge on any atom is -0.678 e. The number of benzene rings is 3. The number of para-hydroxylation sites is 2. The second-order valence-corrected chi connectivity index (χ2v) is 18.7. The van der Waals surface area contributed by atoms with Gasteiger partial charge in [0.1, 0.15) is 11.6 Å². The van der Waals surface area contributed by atoms with Gasteiger partial charge in [0.05, 0.1) is 85.5 Å². The molecule has 12 heterocycles. The van der Waals surface area contributed by atoms with Gasteiger partial charge >= 0.3 is 0 Å². The Hall–Kier alpha value is -10.6. The molecule has 0 saturated heterocycles. The van der Waals surface area contributed by atoms with Crippen molar-refractivity contribution in [3.8, 4) is 68.2 Å². The smallest absolute Gasteiger partial charge is 0.138 e. The maximum atomic E-state index is 5.30. The average Bonchev–Trinajstić information content (AvgIpc) is 4.03. The van der Waals surface area contributed by atoms with E-state index in [0.717, 1.165) is 140 Å². The van der Waals surface area contributed by atoms with Crippen molar-refractivity contribution in [1.29, 1.82) is 0 Å². The quantitative estimate of drug-likeness (QED) is 0.145. The first kappa shape index (κ1) is 43.0. The molecule has 12 heteroatoms. The SMILES string of the molecule is C1=C(c2cc(-c3cccc(-n4c5ccccc5c5ccncc54)n3)cc(-c3ccccn3)n2)C[N-]c2c1ccc1cc(-c3cc(-c4ccccn4)nc(-c4cccc(-n5c6ccccc6c6ccncc65)n4)c3)cnc21. The van der Waals surface area contributed by atoms with Crippen molar-refractivity contribution in [3.05, 3.63) is 236 Å². The van der Waals surface area contributed by atoms with Gasteiger partial charge in [0.2, 0.25) is 0 Å². The third-order valence-corrected chi connectivity index (χ3v) is 14.2. The van der Waals surface area contributed by atoms with Gasteiger partial charge < -0.3 is 5.32 Å². The third-order valence-electron chi connectivity index (χ3n) is 14.2. The molecule has 1 aliphatic heterocycles. The molecule has 15 rings (SSSR count). The highest BCUT2D eigenvalue weighted by atomic mass is 15.1. The molecule has 12 nitrogen and oxygen atoms in total. The topological polar surface area (TPSA) is 140 Å². The molecular formula is C64H39N12-. The van der Waals surface area contributed by atoms with Gasteiger partial charge in [-0.3, -0.25) is 34.1 Å². The van der Waals surface area contributed by atoms with Crippen molar-refractivity contribution in [2.24, 2.45) is 0 Å². The van der Waals surface area contributed by atoms with Crippen LogP contribution in [0.5, 0.6) is 0 Å². The lowest BCUT2D eigenvalue weighted by Crippen LogP contribution is -2.03. The summed E-state index contributed by atoms with van der Waals surface area (Å²) in [7, 11) is 0. The molecule has 0 bridgehead atoms. The van der Waals surface area contributed by atoms with Crippen LogP contribution in [0, 0.1) is 0 Å². The van der Waals surface area contributed by atoms with Crippen LogP contribution in [0.2, 0.25) is 0 Å². The Kier molecular flexibility index (Phi) is 9.95. The molecule has 3 aromatic carbocycles. The second kappa shape index (κ2) is 17.6. The van der Waals surface area contributed by atoms with Gasteiger partial charge in [-0.25, -0.2) is 19.9 Å². The molecule has 76 heavy (non-hydrogen) atoms. The maximum absolute atomic E-state index is 5.30. The lowest BCUT2D eigenvalue weighted by atomic mass is 9.97. The van der Waals surface area contributed by atoms with E-state index in [1.54, 1.807) is 12.4 Å². The van der Waals surface area contributed by atoms with Crippen LogP contribution < -0.4 is 0 Å². The van der Waals surface area contributed by atoms with E-state index in [1.807, 2.05) is 97.7 Å². The monoisotopic (exact) mass is 975 g/mol. The van der Waals surface area contributed by atoms with Crippen molar-refractivity contribution < 1.29 is 0 Å². The molecule has 0 unspecified atom stereocenters. The van der Waals surface area contributed by atoms with Gasteiger partial charge in [-0.1, -0.05) is 78.9 Å². The highest BCUT2D eigenvalue weighted by Gasteiger charge is 2.19. The van der Waals surface area contributed by atoms with Crippen LogP contribution >= 0.6 is 0 Å². The minimum atomic E-state index is 0.411. The molecule has 0 radical (unpaired) electrons. The Morgan fingerprint density at radius 1 is 0.368 bits per heavy atom. The Morgan fingerprint density at radius 3 is 1.58 bits per heavy atom. The van der Waals surface area contributed by atoms with Gasteiger partial charge in [0, 0.05) is 63.7 Å². The van der Waals surface area contributed by atoms with Gasteiger partial charge in [-0.2, -0.15) is 0 Å². The normalized spacial score (nSPS) is 12.3. The molecule has 0 spiro atoms. The zero-order valence-corrected chi connectivity index (χ0v) is 40.4. The van der Waals surface area contributed by atoms with E-state index in [4.69, 9.17) is 40.2 Å². The number of hydrogen-bond donors (Lipinski definition) is 0. The number of hydrogen-bond acceptors (Lipinski definition) is 9. The third kappa shape index (κ3) is 7.26. The molecule has 356 valence electrons. The van der Waals surface area contributed by atoms with Gasteiger partial charge in [0.25, 0.3) is 0 Å². The molecular weight excluding hydrogens is 937 g/mol. The summed E-state index contributed by atoms with van der Waals surface area (Å²) in [6, 6.07) is 59.6. The first-order valence-corrected chi connectivity index (χ1v) is 25.0. The number of pyridine rings is 9. The largest absolute Gasteiger partial charge is 0.678 e. The van der Waals surface area contributed by atoms with E-state index >= 15 is 0 Å². The summed E-state index contributed by atoms with van der Waals surface area (Å²) < 4.78 is 4.35. The molecule has 0 N–H and O–H groups in total. The Balaban J connectivity index is 0.799. The lowest BCUT2D eigenvalue weighted by molar-refractivity contribution is 1.07. The van der Waals surface area contributed by atoms with Crippen molar-refractivity contribution in [3.63, 3.8) is 0 Å². The standard InChI is InChI=1S/C64H39N12/c1-3-17-57-45(11-1)47-23-27-65-37-59(47)75(57)61-19-9-15-49(73-61)42-33-53(71-55(34-42)51-14-6-8-26-68-51)44-30-40-22-21-39-29-43(35-69-63(39)64(40)70-36-44)41-31-54(50-13-5-7-25-67-50)72-56(32-41)52-16-10-20-62(74-52)76-58-18-4-2-12-46(58)48-24-28-66-38-60(48)76/h1-35,37-38H,36H2/q-1. The van der Waals surface area contributed by atoms with Crippen molar-refractivity contribution in [2.75, 3.05) is 6.54 Å². The van der Waals surface area contributed by atoms with E-state index in [-0.39, 0.29) is 0 Å². The van der Waals surface area contributed by atoms with Crippen LogP contribution in [0.1, 0.15) is 11.3 Å². The van der Waals surface area contributed by atoms with E-state index in [0.29, 0.717) is 12.2 Å². The molecule has 0 atom stereocenters. The predicted molar refractivity (Wildman–Crippen MR) is 302 cm³/mol. The molecule has 0 amide bonds. The zero-order chi connectivity index (χ0) is 50.1. The highest BCUT2D eigenvalue weighted by Crippen LogP contribution is 2.42. The van der Waals surface area contributed by atoms with Crippen molar-refractivity contribution >= 4 is 71.9 Å². The summed E-state index contributed by atoms with van der Waals surface area (Å²) in [5.41, 5.74) is 16.5. The first-order chi connectivity index (χ1) is 37.6. The zero-order valence-electron chi connectivity index (χ0n) is 40.4. The summed E-state index contributed by atoms with van der Waals surface area (Å²) in [4.78, 5) is 44.5. The molecule has 0 fully saturated rings. The van der Waals surface area contributed by atoms with Crippen LogP contribution in [-0.4, -0.2) is 60.5 Å². The Bertz CT molecular complexity index is 4550. The van der Waals surface area contributed by atoms with Crippen LogP contribution in [0.15, 0.2) is 219 Å². The number of fused-ring (bicyclic) bond motifs is 9. The fourth-order valence-corrected chi connectivity index (χ4v) is 10.7. The summed E-state index contributed by atoms with van der Waals surface area (Å²) in [5.74, 6) is 1.57. The van der Waals surface area contributed by atoms with Gasteiger partial charge in [0.15, 0.2) is 0 Å². The predicted octanol–water partition coefficient (Wildman–Crippen LogP) is 14.5. The molecule has 0 aliphatic carbocycles. The number of nitrogens with zero attached hydrogens (tertiary/aromatic N) is 12. The maximum Gasteiger partial charge on any atom is 0.138 e. The molecule has 1 aliphatic rings. The summed E-state index contributed by atoms with van der Waals surface area (Å²) in [6.45, 7) is 0.411.